The van der Waals surface area contributed by atoms with Crippen LogP contribution in [-0.4, -0.2) is 242 Å². The lowest BCUT2D eigenvalue weighted by molar-refractivity contribution is -0.143. The Morgan fingerprint density at radius 3 is 1.48 bits per heavy atom. The molecule has 0 bridgehead atoms. The number of nitrogens with two attached hydrogens (primary N) is 3. The molecule has 1 aliphatic heterocycles. The van der Waals surface area contributed by atoms with Crippen LogP contribution in [0.3, 0.4) is 0 Å². The summed E-state index contributed by atoms with van der Waals surface area (Å²) < 4.78 is 0. The van der Waals surface area contributed by atoms with E-state index in [1.54, 1.807) is 6.26 Å². The molecule has 1 aliphatic rings. The van der Waals surface area contributed by atoms with Crippen LogP contribution in [0.2, 0.25) is 0 Å². The fourth-order valence-corrected chi connectivity index (χ4v) is 10.8. The summed E-state index contributed by atoms with van der Waals surface area (Å²) in [5.41, 5.74) is 17.9. The number of thioether (sulfide) groups is 1. The van der Waals surface area contributed by atoms with Crippen molar-refractivity contribution in [1.82, 2.24) is 58.1 Å². The van der Waals surface area contributed by atoms with Gasteiger partial charge in [-0.05, 0) is 140 Å². The molecule has 1 heterocycles. The maximum atomic E-state index is 14.5. The minimum atomic E-state index is -1.85. The first-order valence-corrected chi connectivity index (χ1v) is 34.2. The summed E-state index contributed by atoms with van der Waals surface area (Å²) in [5, 5.41) is 75.7. The predicted octanol–water partition coefficient (Wildman–Crippen LogP) is -4.87. The van der Waals surface area contributed by atoms with Crippen molar-refractivity contribution in [3.8, 4) is 5.75 Å². The van der Waals surface area contributed by atoms with Crippen molar-refractivity contribution in [2.75, 3.05) is 43.1 Å². The first kappa shape index (κ1) is 84.2. The van der Waals surface area contributed by atoms with Gasteiger partial charge in [0.1, 0.15) is 72.2 Å². The van der Waals surface area contributed by atoms with E-state index < -0.39 is 180 Å². The zero-order valence-corrected chi connectivity index (χ0v) is 57.1. The van der Waals surface area contributed by atoms with E-state index in [1.807, 2.05) is 13.8 Å². The second-order valence-corrected chi connectivity index (χ2v) is 25.4. The Labute approximate surface area is 568 Å². The maximum absolute atomic E-state index is 14.5. The van der Waals surface area contributed by atoms with Crippen LogP contribution in [0.15, 0.2) is 24.3 Å². The number of likely N-dealkylation sites (tertiary alicyclic amines) is 1. The number of aliphatic hydroxyl groups is 3. The lowest BCUT2D eigenvalue weighted by atomic mass is 10.0. The number of rotatable bonds is 45. The Bertz CT molecular complexity index is 2700. The molecule has 35 heteroatoms. The van der Waals surface area contributed by atoms with Crippen molar-refractivity contribution in [3.63, 3.8) is 0 Å². The number of benzene rings is 1. The van der Waals surface area contributed by atoms with E-state index >= 15 is 0 Å². The molecular weight excluding hydrogens is 1300 g/mol. The number of aromatic hydroxyl groups is 1. The molecule has 1 aromatic carbocycles. The van der Waals surface area contributed by atoms with E-state index in [0.29, 0.717) is 43.5 Å². The van der Waals surface area contributed by atoms with Crippen LogP contribution in [0.4, 0.5) is 0 Å². The molecule has 0 unspecified atom stereocenters. The Balaban J connectivity index is 2.42. The van der Waals surface area contributed by atoms with E-state index in [4.69, 9.17) is 17.2 Å². The number of nitrogens with one attached hydrogen (secondary N) is 10. The molecule has 0 saturated carbocycles. The fourth-order valence-electron chi connectivity index (χ4n) is 9.84. The fraction of sp³-hybridized carbons (Fsp3) is 0.683. The smallest absolute Gasteiger partial charge is 0.303 e. The second-order valence-electron chi connectivity index (χ2n) is 23.7. The third-order valence-electron chi connectivity index (χ3n) is 15.2. The van der Waals surface area contributed by atoms with Crippen LogP contribution in [0.1, 0.15) is 117 Å². The number of thiol groups is 2. The summed E-state index contributed by atoms with van der Waals surface area (Å²) in [6.45, 7) is 7.68. The molecule has 535 valence electrons. The third kappa shape index (κ3) is 29.6. The van der Waals surface area contributed by atoms with Crippen LogP contribution in [0.5, 0.6) is 5.75 Å². The Kier molecular flexibility index (Phi) is 39.1. The van der Waals surface area contributed by atoms with Gasteiger partial charge >= 0.3 is 5.97 Å². The van der Waals surface area contributed by atoms with Gasteiger partial charge in [0.05, 0.1) is 24.4 Å². The average Bonchev–Trinajstić information content (AvgIpc) is 1.81. The number of carbonyl (C=O) groups is 12. The van der Waals surface area contributed by atoms with Crippen LogP contribution < -0.4 is 70.4 Å². The van der Waals surface area contributed by atoms with Gasteiger partial charge in [0.2, 0.25) is 71.3 Å². The zero-order chi connectivity index (χ0) is 71.6. The lowest BCUT2D eigenvalue weighted by Gasteiger charge is -2.31. The van der Waals surface area contributed by atoms with Gasteiger partial charge in [0.25, 0.3) is 0 Å². The highest BCUT2D eigenvalue weighted by Gasteiger charge is 2.42. The summed E-state index contributed by atoms with van der Waals surface area (Å²) in [7, 11) is 0. The molecule has 15 atom stereocenters. The van der Waals surface area contributed by atoms with Gasteiger partial charge < -0.3 is 101 Å². The molecule has 21 N–H and O–H groups in total. The number of hydrogen-bond acceptors (Lipinski definition) is 23. The van der Waals surface area contributed by atoms with Gasteiger partial charge in [0, 0.05) is 30.9 Å². The first-order chi connectivity index (χ1) is 44.9. The standard InChI is InChI=1S/C60H99N14O18S3/c1-31(2)26-37(63)50(82)64-38(12-7-9-22-61)52(84)70-44(29-93)56(88)68-42(27-35-15-17-36(79)18-16-35)54(86)73-49(34(5)78)59(91)71-45(30-94)55(87)65-39(13-8-10-23-62)51(83)67-41(19-20-47(80)81)60(92)74-24-11-14-46(74)57(89)66-40(21-25-95-6)53(85)72-48(33(4)77)58(90)69-43(28-75)32(3)76/h15-18,31-34,37-46,48-49,76-79,93-94H,7-14,19-27,29-30,61-63H2,1-6H3,(H,64,82)(H,65,87)(H,66,89)(H,67,83)(H,68,88)(H,69,90)(H,70,84)(H,71,91)(H,72,85)(H,73,86)(H,80,81)/t32-,33-,34-,37+,38+,39+,40+,41+,42+,43-,44+,45+,46+,48+,49+/m1/s1. The number of nitrogens with zero attached hydrogens (tertiary/aromatic N) is 1. The molecule has 0 aromatic heterocycles. The number of carboxylic acids is 1. The molecule has 0 spiro atoms. The quantitative estimate of drug-likeness (QED) is 0.0215. The predicted molar refractivity (Wildman–Crippen MR) is 357 cm³/mol. The van der Waals surface area contributed by atoms with Gasteiger partial charge in [-0.15, -0.1) is 0 Å². The van der Waals surface area contributed by atoms with E-state index in [2.05, 4.69) is 78.4 Å². The maximum Gasteiger partial charge on any atom is 0.303 e. The minimum absolute atomic E-state index is 0.0122. The molecular formula is C60H99N14O18S3. The topological polar surface area (TPSA) is 525 Å². The summed E-state index contributed by atoms with van der Waals surface area (Å²) in [4.78, 5) is 178. The van der Waals surface area contributed by atoms with E-state index in [0.717, 1.165) is 11.8 Å². The van der Waals surface area contributed by atoms with Crippen molar-refractivity contribution in [2.45, 2.75) is 209 Å². The van der Waals surface area contributed by atoms with E-state index in [1.165, 1.54) is 56.2 Å². The molecule has 0 aliphatic carbocycles. The summed E-state index contributed by atoms with van der Waals surface area (Å²) in [5.74, 6) is -12.1. The summed E-state index contributed by atoms with van der Waals surface area (Å²) >= 11 is 9.84. The molecule has 95 heavy (non-hydrogen) atoms. The van der Waals surface area contributed by atoms with Gasteiger partial charge in [-0.1, -0.05) is 26.0 Å². The van der Waals surface area contributed by atoms with Gasteiger partial charge in [0.15, 0.2) is 0 Å². The number of phenolic OH excluding ortho intramolecular Hbond substituents is 1. The number of carbonyl (C=O) groups excluding carboxylic acids is 12. The van der Waals surface area contributed by atoms with Crippen molar-refractivity contribution >= 4 is 114 Å². The van der Waals surface area contributed by atoms with Gasteiger partial charge in [-0.3, -0.25) is 62.3 Å². The number of amides is 11. The van der Waals surface area contributed by atoms with E-state index in [9.17, 15) is 87.9 Å². The molecule has 1 aromatic rings. The van der Waals surface area contributed by atoms with Gasteiger partial charge in [-0.2, -0.15) is 37.0 Å². The van der Waals surface area contributed by atoms with Crippen LogP contribution in [0, 0.1) is 5.92 Å². The van der Waals surface area contributed by atoms with Crippen molar-refractivity contribution in [2.24, 2.45) is 23.1 Å². The lowest BCUT2D eigenvalue weighted by Crippen LogP contribution is -2.62. The Hall–Kier alpha value is -6.86. The first-order valence-electron chi connectivity index (χ1n) is 31.5. The largest absolute Gasteiger partial charge is 0.508 e. The Morgan fingerprint density at radius 2 is 1.02 bits per heavy atom. The minimum Gasteiger partial charge on any atom is -0.508 e. The average molecular weight is 1400 g/mol. The molecule has 1 fully saturated rings. The van der Waals surface area contributed by atoms with E-state index in [-0.39, 0.29) is 75.5 Å². The molecule has 32 nitrogen and oxygen atoms in total. The monoisotopic (exact) mass is 1400 g/mol. The molecule has 1 radical (unpaired) electrons. The number of hydrogen-bond donors (Lipinski definition) is 20. The highest BCUT2D eigenvalue weighted by Crippen LogP contribution is 2.22. The normalized spacial score (nSPS) is 17.3. The second kappa shape index (κ2) is 44.1. The van der Waals surface area contributed by atoms with Crippen molar-refractivity contribution < 1.29 is 87.9 Å². The number of phenols is 1. The number of aliphatic carboxylic acids is 1. The Morgan fingerprint density at radius 1 is 0.579 bits per heavy atom. The molecule has 2 rings (SSSR count). The zero-order valence-electron chi connectivity index (χ0n) is 54.5. The SMILES string of the molecule is CSCC[C@H](NC(=O)[C@@H]1CCCN1C(=O)[C@H](CCC(=O)O)NC(=O)[C@H](CCCCN)NC(=O)[C@H](CS)NC(=O)[C@@H](NC(=O)[C@H](Cc1ccc(O)cc1)NC(=O)[C@H](CS)NC(=O)[C@H](CCCCN)NC(=O)[C@@H](N)CC(C)C)[C@@H](C)O)C(=O)N[C@H](C(=O)N[C@H]([C]=O)[C@@H](C)O)[C@@H](C)O. The van der Waals surface area contributed by atoms with Crippen LogP contribution in [0.25, 0.3) is 0 Å². The molecule has 11 amide bonds. The molecule has 1 saturated heterocycles. The highest BCUT2D eigenvalue weighted by molar-refractivity contribution is 7.98. The van der Waals surface area contributed by atoms with Gasteiger partial charge in [-0.25, -0.2) is 0 Å². The highest BCUT2D eigenvalue weighted by atomic mass is 32.2. The van der Waals surface area contributed by atoms with Crippen molar-refractivity contribution in [3.05, 3.63) is 29.8 Å². The number of aliphatic hydroxyl groups excluding tert-OH is 3. The van der Waals surface area contributed by atoms with Crippen molar-refractivity contribution in [1.29, 1.82) is 0 Å². The summed E-state index contributed by atoms with van der Waals surface area (Å²) in [6, 6.07) is -11.9. The van der Waals surface area contributed by atoms with Crippen LogP contribution >= 0.6 is 37.0 Å². The summed E-state index contributed by atoms with van der Waals surface area (Å²) in [6.07, 6.45) is -0.775. The van der Waals surface area contributed by atoms with Crippen LogP contribution in [-0.2, 0) is 68.7 Å². The third-order valence-corrected chi connectivity index (χ3v) is 16.6. The number of carboxylic acid groups (broad SMARTS) is 1. The number of unbranched alkanes of at least 4 members (excludes halogenated alkanes) is 2.